The van der Waals surface area contributed by atoms with Gasteiger partial charge in [-0.2, -0.15) is 0 Å². The number of morpholine rings is 1. The van der Waals surface area contributed by atoms with E-state index in [4.69, 9.17) is 9.84 Å². The van der Waals surface area contributed by atoms with E-state index in [0.29, 0.717) is 13.2 Å². The molecule has 0 amide bonds. The number of ether oxygens (including phenoxy) is 1. The third-order valence-electron chi connectivity index (χ3n) is 1.93. The molecule has 1 aliphatic rings. The van der Waals surface area contributed by atoms with Crippen LogP contribution in [0.3, 0.4) is 0 Å². The number of carbonyl (C=O) groups is 1. The molecule has 1 heterocycles. The predicted octanol–water partition coefficient (Wildman–Crippen LogP) is 0.213. The van der Waals surface area contributed by atoms with E-state index in [0.717, 1.165) is 6.54 Å². The van der Waals surface area contributed by atoms with Gasteiger partial charge in [-0.15, -0.1) is 12.4 Å². The number of rotatable bonds is 2. The fraction of sp³-hybridized carbons (Fsp3) is 0.857. The molecule has 5 heteroatoms. The summed E-state index contributed by atoms with van der Waals surface area (Å²) < 4.78 is 5.15. The number of hydrogen-bond donors (Lipinski definition) is 1. The molecule has 0 spiro atoms. The van der Waals surface area contributed by atoms with Crippen LogP contribution in [0.15, 0.2) is 0 Å². The SMILES string of the molecule is CN1CCOCC1CC(=O)O.Cl. The molecule has 4 nitrogen and oxygen atoms in total. The standard InChI is InChI=1S/C7H13NO3.ClH/c1-8-2-3-11-5-6(8)4-7(9)10;/h6H,2-5H2,1H3,(H,9,10);1H. The van der Waals surface area contributed by atoms with Crippen LogP contribution in [0.1, 0.15) is 6.42 Å². The molecule has 1 unspecified atom stereocenters. The molecule has 72 valence electrons. The zero-order valence-corrected chi connectivity index (χ0v) is 7.84. The van der Waals surface area contributed by atoms with Crippen molar-refractivity contribution in [2.24, 2.45) is 0 Å². The lowest BCUT2D eigenvalue weighted by atomic mass is 10.2. The summed E-state index contributed by atoms with van der Waals surface area (Å²) in [7, 11) is 1.93. The largest absolute Gasteiger partial charge is 0.481 e. The number of aliphatic carboxylic acids is 1. The number of carboxylic acids is 1. The van der Waals surface area contributed by atoms with Gasteiger partial charge < -0.3 is 9.84 Å². The molecule has 1 atom stereocenters. The molecule has 1 saturated heterocycles. The topological polar surface area (TPSA) is 49.8 Å². The number of likely N-dealkylation sites (N-methyl/N-ethyl adjacent to an activating group) is 1. The number of hydrogen-bond acceptors (Lipinski definition) is 3. The first-order valence-corrected chi connectivity index (χ1v) is 3.70. The molecule has 0 radical (unpaired) electrons. The lowest BCUT2D eigenvalue weighted by molar-refractivity contribution is -0.139. The number of halogens is 1. The van der Waals surface area contributed by atoms with E-state index in [-0.39, 0.29) is 24.9 Å². The van der Waals surface area contributed by atoms with Gasteiger partial charge in [-0.3, -0.25) is 9.69 Å². The highest BCUT2D eigenvalue weighted by molar-refractivity contribution is 5.85. The molecule has 1 N–H and O–H groups in total. The smallest absolute Gasteiger partial charge is 0.305 e. The predicted molar refractivity (Wildman–Crippen MR) is 46.7 cm³/mol. The third kappa shape index (κ3) is 3.38. The van der Waals surface area contributed by atoms with Crippen molar-refractivity contribution < 1.29 is 14.6 Å². The molecule has 0 aliphatic carbocycles. The van der Waals surface area contributed by atoms with Gasteiger partial charge in [-0.05, 0) is 7.05 Å². The highest BCUT2D eigenvalue weighted by atomic mass is 35.5. The molecule has 0 bridgehead atoms. The van der Waals surface area contributed by atoms with Crippen molar-refractivity contribution in [3.8, 4) is 0 Å². The van der Waals surface area contributed by atoms with Crippen LogP contribution in [0, 0.1) is 0 Å². The number of nitrogens with zero attached hydrogens (tertiary/aromatic N) is 1. The van der Waals surface area contributed by atoms with Gasteiger partial charge in [0.25, 0.3) is 0 Å². The van der Waals surface area contributed by atoms with Crippen molar-refractivity contribution in [2.75, 3.05) is 26.8 Å². The summed E-state index contributed by atoms with van der Waals surface area (Å²) in [6.07, 6.45) is 0.177. The fourth-order valence-corrected chi connectivity index (χ4v) is 1.15. The van der Waals surface area contributed by atoms with Gasteiger partial charge in [-0.1, -0.05) is 0 Å². The summed E-state index contributed by atoms with van der Waals surface area (Å²) in [6, 6.07) is 0.0567. The van der Waals surface area contributed by atoms with E-state index in [1.165, 1.54) is 0 Å². The van der Waals surface area contributed by atoms with Crippen LogP contribution < -0.4 is 0 Å². The highest BCUT2D eigenvalue weighted by Gasteiger charge is 2.21. The van der Waals surface area contributed by atoms with Crippen molar-refractivity contribution in [3.05, 3.63) is 0 Å². The third-order valence-corrected chi connectivity index (χ3v) is 1.93. The molecule has 12 heavy (non-hydrogen) atoms. The van der Waals surface area contributed by atoms with Gasteiger partial charge in [0.05, 0.1) is 19.6 Å². The van der Waals surface area contributed by atoms with Crippen molar-refractivity contribution in [3.63, 3.8) is 0 Å². The molecule has 1 aliphatic heterocycles. The van der Waals surface area contributed by atoms with Crippen LogP contribution in [-0.4, -0.2) is 48.8 Å². The summed E-state index contributed by atoms with van der Waals surface area (Å²) in [4.78, 5) is 12.4. The maximum Gasteiger partial charge on any atom is 0.305 e. The summed E-state index contributed by atoms with van der Waals surface area (Å²) in [6.45, 7) is 2.09. The zero-order chi connectivity index (χ0) is 8.27. The second-order valence-electron chi connectivity index (χ2n) is 2.81. The van der Waals surface area contributed by atoms with Crippen molar-refractivity contribution in [1.29, 1.82) is 0 Å². The Balaban J connectivity index is 0.00000121. The second kappa shape index (κ2) is 5.35. The van der Waals surface area contributed by atoms with E-state index in [1.807, 2.05) is 11.9 Å². The molecule has 1 fully saturated rings. The minimum absolute atomic E-state index is 0. The fourth-order valence-electron chi connectivity index (χ4n) is 1.15. The second-order valence-corrected chi connectivity index (χ2v) is 2.81. The zero-order valence-electron chi connectivity index (χ0n) is 7.02. The van der Waals surface area contributed by atoms with Crippen LogP contribution in [0.5, 0.6) is 0 Å². The van der Waals surface area contributed by atoms with Gasteiger partial charge in [0.1, 0.15) is 0 Å². The lowest BCUT2D eigenvalue weighted by Crippen LogP contribution is -2.43. The van der Waals surface area contributed by atoms with Gasteiger partial charge >= 0.3 is 5.97 Å². The molecular formula is C7H14ClNO3. The summed E-state index contributed by atoms with van der Waals surface area (Å²) in [5, 5.41) is 8.50. The Labute approximate surface area is 77.9 Å². The van der Waals surface area contributed by atoms with Crippen molar-refractivity contribution >= 4 is 18.4 Å². The molecule has 0 saturated carbocycles. The first-order valence-electron chi connectivity index (χ1n) is 3.70. The summed E-state index contributed by atoms with van der Waals surface area (Å²) >= 11 is 0. The van der Waals surface area contributed by atoms with Gasteiger partial charge in [0.2, 0.25) is 0 Å². The maximum atomic E-state index is 10.3. The van der Waals surface area contributed by atoms with E-state index >= 15 is 0 Å². The Morgan fingerprint density at radius 3 is 2.92 bits per heavy atom. The monoisotopic (exact) mass is 195 g/mol. The Morgan fingerprint density at radius 1 is 1.75 bits per heavy atom. The van der Waals surface area contributed by atoms with Gasteiger partial charge in [0.15, 0.2) is 0 Å². The quantitative estimate of drug-likeness (QED) is 0.685. The first-order chi connectivity index (χ1) is 5.20. The van der Waals surface area contributed by atoms with Crippen LogP contribution in [0.2, 0.25) is 0 Å². The Hall–Kier alpha value is -0.320. The normalized spacial score (nSPS) is 24.6. The Bertz CT molecular complexity index is 154. The summed E-state index contributed by atoms with van der Waals surface area (Å²) in [5.74, 6) is -0.757. The van der Waals surface area contributed by atoms with Crippen molar-refractivity contribution in [1.82, 2.24) is 4.90 Å². The minimum Gasteiger partial charge on any atom is -0.481 e. The molecule has 0 aromatic heterocycles. The Kier molecular flexibility index (Phi) is 5.20. The average molecular weight is 196 g/mol. The molecule has 0 aromatic rings. The van der Waals surface area contributed by atoms with Gasteiger partial charge in [0, 0.05) is 12.6 Å². The van der Waals surface area contributed by atoms with E-state index in [9.17, 15) is 4.79 Å². The molecular weight excluding hydrogens is 182 g/mol. The van der Waals surface area contributed by atoms with Crippen LogP contribution >= 0.6 is 12.4 Å². The first kappa shape index (κ1) is 11.7. The summed E-state index contributed by atoms with van der Waals surface area (Å²) in [5.41, 5.74) is 0. The van der Waals surface area contributed by atoms with E-state index in [2.05, 4.69) is 0 Å². The van der Waals surface area contributed by atoms with Crippen LogP contribution in [-0.2, 0) is 9.53 Å². The molecule has 1 rings (SSSR count). The molecule has 0 aromatic carbocycles. The van der Waals surface area contributed by atoms with E-state index in [1.54, 1.807) is 0 Å². The van der Waals surface area contributed by atoms with Crippen LogP contribution in [0.4, 0.5) is 0 Å². The van der Waals surface area contributed by atoms with E-state index < -0.39 is 5.97 Å². The minimum atomic E-state index is -0.757. The maximum absolute atomic E-state index is 10.3. The highest BCUT2D eigenvalue weighted by Crippen LogP contribution is 2.07. The van der Waals surface area contributed by atoms with Crippen molar-refractivity contribution in [2.45, 2.75) is 12.5 Å². The average Bonchev–Trinajstić information content (AvgIpc) is 1.93. The van der Waals surface area contributed by atoms with Gasteiger partial charge in [-0.25, -0.2) is 0 Å². The van der Waals surface area contributed by atoms with Crippen LogP contribution in [0.25, 0.3) is 0 Å². The number of carboxylic acid groups (broad SMARTS) is 1. The lowest BCUT2D eigenvalue weighted by Gasteiger charge is -2.31. The Morgan fingerprint density at radius 2 is 2.42 bits per heavy atom.